The van der Waals surface area contributed by atoms with Crippen LogP contribution in [0.25, 0.3) is 0 Å². The monoisotopic (exact) mass is 348 g/mol. The first-order valence-corrected chi connectivity index (χ1v) is 7.78. The van der Waals surface area contributed by atoms with Gasteiger partial charge in [-0.05, 0) is 29.8 Å². The highest BCUT2D eigenvalue weighted by Crippen LogP contribution is 2.21. The molecule has 0 spiro atoms. The lowest BCUT2D eigenvalue weighted by molar-refractivity contribution is -0.119. The van der Waals surface area contributed by atoms with Gasteiger partial charge in [0.05, 0.1) is 0 Å². The lowest BCUT2D eigenvalue weighted by Crippen LogP contribution is -2.27. The zero-order chi connectivity index (χ0) is 17.7. The van der Waals surface area contributed by atoms with Crippen molar-refractivity contribution in [2.24, 2.45) is 0 Å². The van der Waals surface area contributed by atoms with E-state index in [-0.39, 0.29) is 23.9 Å². The van der Waals surface area contributed by atoms with Crippen LogP contribution in [-0.2, 0) is 17.9 Å². The van der Waals surface area contributed by atoms with Gasteiger partial charge in [-0.2, -0.15) is 0 Å². The minimum atomic E-state index is -0.437. The molecular weight excluding hydrogens is 331 g/mol. The van der Waals surface area contributed by atoms with Crippen molar-refractivity contribution in [2.45, 2.75) is 20.0 Å². The van der Waals surface area contributed by atoms with E-state index >= 15 is 0 Å². The van der Waals surface area contributed by atoms with Crippen LogP contribution in [0.4, 0.5) is 4.39 Å². The summed E-state index contributed by atoms with van der Waals surface area (Å²) in [6, 6.07) is 11.3. The molecule has 2 aromatic carbocycles. The van der Waals surface area contributed by atoms with Gasteiger partial charge in [-0.15, -0.1) is 0 Å². The topological polar surface area (TPSA) is 49.4 Å². The van der Waals surface area contributed by atoms with E-state index in [1.54, 1.807) is 37.4 Å². The van der Waals surface area contributed by atoms with Crippen LogP contribution in [-0.4, -0.2) is 23.8 Å². The van der Waals surface area contributed by atoms with Crippen LogP contribution < -0.4 is 5.32 Å². The van der Waals surface area contributed by atoms with E-state index in [2.05, 4.69) is 5.32 Å². The maximum Gasteiger partial charge on any atom is 0.253 e. The molecule has 0 aliphatic carbocycles. The lowest BCUT2D eigenvalue weighted by atomic mass is 10.1. The van der Waals surface area contributed by atoms with Gasteiger partial charge >= 0.3 is 0 Å². The van der Waals surface area contributed by atoms with E-state index in [9.17, 15) is 14.0 Å². The summed E-state index contributed by atoms with van der Waals surface area (Å²) < 4.78 is 13.8. The summed E-state index contributed by atoms with van der Waals surface area (Å²) in [5, 5.41) is 2.98. The van der Waals surface area contributed by atoms with Crippen LogP contribution >= 0.6 is 11.6 Å². The Morgan fingerprint density at radius 3 is 2.42 bits per heavy atom. The molecule has 0 aromatic heterocycles. The molecule has 0 fully saturated rings. The van der Waals surface area contributed by atoms with Crippen LogP contribution in [0.1, 0.15) is 28.4 Å². The molecule has 0 bridgehead atoms. The van der Waals surface area contributed by atoms with Gasteiger partial charge < -0.3 is 10.2 Å². The zero-order valence-electron chi connectivity index (χ0n) is 13.5. The van der Waals surface area contributed by atoms with Gasteiger partial charge in [0.2, 0.25) is 5.91 Å². The first-order valence-electron chi connectivity index (χ1n) is 7.40. The fourth-order valence-electron chi connectivity index (χ4n) is 2.20. The van der Waals surface area contributed by atoms with Crippen LogP contribution in [0.5, 0.6) is 0 Å². The van der Waals surface area contributed by atoms with Crippen LogP contribution in [0.15, 0.2) is 42.5 Å². The molecule has 24 heavy (non-hydrogen) atoms. The summed E-state index contributed by atoms with van der Waals surface area (Å²) in [6.07, 6.45) is 0. The summed E-state index contributed by atoms with van der Waals surface area (Å²) in [5.74, 6) is -0.787. The second kappa shape index (κ2) is 7.93. The largest absolute Gasteiger partial charge is 0.352 e. The Bertz CT molecular complexity index is 727. The Morgan fingerprint density at radius 2 is 1.83 bits per heavy atom. The third-order valence-electron chi connectivity index (χ3n) is 3.55. The first kappa shape index (κ1) is 17.9. The van der Waals surface area contributed by atoms with Crippen molar-refractivity contribution in [2.75, 3.05) is 7.05 Å². The molecule has 126 valence electrons. The highest BCUT2D eigenvalue weighted by atomic mass is 35.5. The number of halogens is 2. The third kappa shape index (κ3) is 4.55. The van der Waals surface area contributed by atoms with E-state index in [1.165, 1.54) is 24.0 Å². The molecule has 0 aliphatic rings. The Hall–Kier alpha value is -2.40. The number of hydrogen-bond acceptors (Lipinski definition) is 2. The predicted octanol–water partition coefficient (Wildman–Crippen LogP) is 3.39. The normalized spacial score (nSPS) is 10.3. The minimum absolute atomic E-state index is 0.0813. The quantitative estimate of drug-likeness (QED) is 0.900. The number of nitrogens with one attached hydrogen (secondary N) is 1. The molecule has 2 rings (SSSR count). The maximum atomic E-state index is 13.8. The van der Waals surface area contributed by atoms with Gasteiger partial charge in [0, 0.05) is 43.2 Å². The van der Waals surface area contributed by atoms with Crippen molar-refractivity contribution >= 4 is 23.4 Å². The Labute approximate surface area is 145 Å². The Balaban J connectivity index is 2.06. The molecule has 2 amide bonds. The van der Waals surface area contributed by atoms with Crippen LogP contribution in [0.3, 0.4) is 0 Å². The molecule has 0 heterocycles. The number of rotatable bonds is 5. The molecule has 0 radical (unpaired) electrons. The molecule has 0 saturated heterocycles. The van der Waals surface area contributed by atoms with Crippen molar-refractivity contribution < 1.29 is 14.0 Å². The summed E-state index contributed by atoms with van der Waals surface area (Å²) in [4.78, 5) is 24.7. The van der Waals surface area contributed by atoms with Gasteiger partial charge in [-0.25, -0.2) is 4.39 Å². The molecule has 0 unspecified atom stereocenters. The Kier molecular flexibility index (Phi) is 5.93. The van der Waals surface area contributed by atoms with Crippen molar-refractivity contribution in [1.82, 2.24) is 10.2 Å². The zero-order valence-corrected chi connectivity index (χ0v) is 14.2. The highest BCUT2D eigenvalue weighted by Gasteiger charge is 2.15. The molecule has 0 saturated carbocycles. The van der Waals surface area contributed by atoms with Crippen molar-refractivity contribution in [1.29, 1.82) is 0 Å². The van der Waals surface area contributed by atoms with E-state index in [1.807, 2.05) is 0 Å². The van der Waals surface area contributed by atoms with E-state index in [4.69, 9.17) is 11.6 Å². The number of nitrogens with zero attached hydrogens (tertiary/aromatic N) is 1. The van der Waals surface area contributed by atoms with Crippen LogP contribution in [0.2, 0.25) is 5.02 Å². The highest BCUT2D eigenvalue weighted by molar-refractivity contribution is 6.31. The Morgan fingerprint density at radius 1 is 1.17 bits per heavy atom. The van der Waals surface area contributed by atoms with Gasteiger partial charge in [-0.1, -0.05) is 29.8 Å². The first-order chi connectivity index (χ1) is 11.4. The van der Waals surface area contributed by atoms with E-state index < -0.39 is 5.82 Å². The van der Waals surface area contributed by atoms with Crippen LogP contribution in [0, 0.1) is 5.82 Å². The van der Waals surface area contributed by atoms with E-state index in [0.717, 1.165) is 5.56 Å². The van der Waals surface area contributed by atoms with Crippen molar-refractivity contribution in [3.05, 3.63) is 70.0 Å². The third-order valence-corrected chi connectivity index (χ3v) is 3.90. The fraction of sp³-hybridized carbons (Fsp3) is 0.222. The molecule has 2 aromatic rings. The predicted molar refractivity (Wildman–Crippen MR) is 91.2 cm³/mol. The molecule has 6 heteroatoms. The summed E-state index contributed by atoms with van der Waals surface area (Å²) in [5.41, 5.74) is 1.66. The molecule has 0 atom stereocenters. The molecule has 0 aliphatic heterocycles. The molecule has 1 N–H and O–H groups in total. The number of carbonyl (C=O) groups is 2. The second-order valence-corrected chi connectivity index (χ2v) is 5.88. The molecular formula is C18H18ClFN2O2. The fourth-order valence-corrected chi connectivity index (χ4v) is 2.43. The van der Waals surface area contributed by atoms with Gasteiger partial charge in [-0.3, -0.25) is 9.59 Å². The summed E-state index contributed by atoms with van der Waals surface area (Å²) >= 11 is 5.99. The average Bonchev–Trinajstić information content (AvgIpc) is 2.56. The van der Waals surface area contributed by atoms with Crippen molar-refractivity contribution in [3.8, 4) is 0 Å². The van der Waals surface area contributed by atoms with Gasteiger partial charge in [0.25, 0.3) is 5.91 Å². The number of benzene rings is 2. The standard InChI is InChI=1S/C18H18ClFN2O2/c1-12(23)21-10-13-6-8-14(9-7-13)18(24)22(2)11-15-16(19)4-3-5-17(15)20/h3-9H,10-11H2,1-2H3,(H,21,23). The second-order valence-electron chi connectivity index (χ2n) is 5.47. The lowest BCUT2D eigenvalue weighted by Gasteiger charge is -2.18. The summed E-state index contributed by atoms with van der Waals surface area (Å²) in [6.45, 7) is 1.93. The van der Waals surface area contributed by atoms with E-state index in [0.29, 0.717) is 17.1 Å². The van der Waals surface area contributed by atoms with Crippen molar-refractivity contribution in [3.63, 3.8) is 0 Å². The number of amides is 2. The number of hydrogen-bond donors (Lipinski definition) is 1. The minimum Gasteiger partial charge on any atom is -0.352 e. The van der Waals surface area contributed by atoms with Gasteiger partial charge in [0.15, 0.2) is 0 Å². The molecule has 4 nitrogen and oxygen atoms in total. The summed E-state index contributed by atoms with van der Waals surface area (Å²) in [7, 11) is 1.59. The maximum absolute atomic E-state index is 13.8. The van der Waals surface area contributed by atoms with Gasteiger partial charge in [0.1, 0.15) is 5.82 Å². The average molecular weight is 349 g/mol. The number of carbonyl (C=O) groups excluding carboxylic acids is 2. The smallest absolute Gasteiger partial charge is 0.253 e. The SMILES string of the molecule is CC(=O)NCc1ccc(C(=O)N(C)Cc2c(F)cccc2Cl)cc1.